The van der Waals surface area contributed by atoms with Crippen LogP contribution in [0.1, 0.15) is 5.56 Å². The summed E-state index contributed by atoms with van der Waals surface area (Å²) in [4.78, 5) is 12.5. The summed E-state index contributed by atoms with van der Waals surface area (Å²) in [6.45, 7) is 2.00. The van der Waals surface area contributed by atoms with Crippen molar-refractivity contribution in [3.8, 4) is 22.8 Å². The number of aryl methyl sites for hydroxylation is 1. The zero-order valence-corrected chi connectivity index (χ0v) is 19.0. The average molecular weight is 495 g/mol. The number of phenolic OH excluding ortho intramolecular Hbond substituents is 1. The highest BCUT2D eigenvalue weighted by Crippen LogP contribution is 2.34. The number of phenols is 1. The van der Waals surface area contributed by atoms with Crippen LogP contribution in [-0.2, 0) is 4.79 Å². The first-order chi connectivity index (χ1) is 15.0. The van der Waals surface area contributed by atoms with Gasteiger partial charge < -0.3 is 10.4 Å². The Morgan fingerprint density at radius 3 is 2.55 bits per heavy atom. The molecule has 0 atom stereocenters. The van der Waals surface area contributed by atoms with Crippen LogP contribution in [0.2, 0.25) is 0 Å². The number of para-hydroxylation sites is 1. The molecule has 3 aromatic carbocycles. The van der Waals surface area contributed by atoms with E-state index in [-0.39, 0.29) is 17.4 Å². The Labute approximate surface area is 192 Å². The lowest BCUT2D eigenvalue weighted by Gasteiger charge is -2.11. The highest BCUT2D eigenvalue weighted by Gasteiger charge is 2.19. The molecule has 0 aliphatic heterocycles. The molecule has 0 spiro atoms. The van der Waals surface area contributed by atoms with Crippen molar-refractivity contribution in [2.45, 2.75) is 12.1 Å². The van der Waals surface area contributed by atoms with E-state index in [2.05, 4.69) is 31.4 Å². The number of hydrogen-bond acceptors (Lipinski definition) is 5. The van der Waals surface area contributed by atoms with E-state index >= 15 is 0 Å². The maximum atomic E-state index is 12.5. The molecule has 4 rings (SSSR count). The number of benzene rings is 3. The molecular formula is C23H19BrN4O2S. The van der Waals surface area contributed by atoms with Gasteiger partial charge in [0.2, 0.25) is 5.91 Å². The topological polar surface area (TPSA) is 80.0 Å². The summed E-state index contributed by atoms with van der Waals surface area (Å²) in [7, 11) is 0. The van der Waals surface area contributed by atoms with Crippen LogP contribution in [0.5, 0.6) is 5.75 Å². The average Bonchev–Trinajstić information content (AvgIpc) is 3.20. The number of aromatic nitrogens is 3. The smallest absolute Gasteiger partial charge is 0.234 e. The van der Waals surface area contributed by atoms with Crippen molar-refractivity contribution in [1.29, 1.82) is 0 Å². The Balaban J connectivity index is 1.62. The fourth-order valence-electron chi connectivity index (χ4n) is 3.00. The molecule has 8 heteroatoms. The Bertz CT molecular complexity index is 1210. The number of nitrogens with zero attached hydrogens (tertiary/aromatic N) is 3. The third kappa shape index (κ3) is 4.98. The molecule has 0 aliphatic rings. The van der Waals surface area contributed by atoms with Gasteiger partial charge >= 0.3 is 0 Å². The number of halogens is 1. The van der Waals surface area contributed by atoms with Gasteiger partial charge in [0.1, 0.15) is 5.75 Å². The van der Waals surface area contributed by atoms with Crippen LogP contribution < -0.4 is 5.32 Å². The maximum absolute atomic E-state index is 12.5. The van der Waals surface area contributed by atoms with Crippen LogP contribution >= 0.6 is 27.7 Å². The summed E-state index contributed by atoms with van der Waals surface area (Å²) in [6, 6.07) is 22.4. The van der Waals surface area contributed by atoms with Gasteiger partial charge in [-0.25, -0.2) is 0 Å². The van der Waals surface area contributed by atoms with Crippen molar-refractivity contribution in [3.05, 3.63) is 82.8 Å². The van der Waals surface area contributed by atoms with E-state index in [1.807, 2.05) is 66.1 Å². The lowest BCUT2D eigenvalue weighted by atomic mass is 10.2. The van der Waals surface area contributed by atoms with Crippen LogP contribution in [0.3, 0.4) is 0 Å². The van der Waals surface area contributed by atoms with Gasteiger partial charge in [0.15, 0.2) is 11.0 Å². The first-order valence-corrected chi connectivity index (χ1v) is 11.3. The van der Waals surface area contributed by atoms with Gasteiger partial charge in [0, 0.05) is 15.8 Å². The number of rotatable bonds is 6. The van der Waals surface area contributed by atoms with Crippen LogP contribution in [-0.4, -0.2) is 31.5 Å². The van der Waals surface area contributed by atoms with Gasteiger partial charge in [-0.15, -0.1) is 10.2 Å². The fourth-order valence-corrected chi connectivity index (χ4v) is 4.11. The van der Waals surface area contributed by atoms with Crippen molar-refractivity contribution in [3.63, 3.8) is 0 Å². The zero-order chi connectivity index (χ0) is 21.8. The minimum absolute atomic E-state index is 0.0986. The summed E-state index contributed by atoms with van der Waals surface area (Å²) in [5.41, 5.74) is 3.26. The SMILES string of the molecule is Cc1ccc(NC(=O)CSc2nnc(-c3cc(Br)ccc3O)n2-c2ccccc2)cc1. The summed E-state index contributed by atoms with van der Waals surface area (Å²) in [5.74, 6) is 0.625. The lowest BCUT2D eigenvalue weighted by molar-refractivity contribution is -0.113. The molecule has 0 aliphatic carbocycles. The molecule has 6 nitrogen and oxygen atoms in total. The molecule has 0 saturated heterocycles. The van der Waals surface area contributed by atoms with Crippen molar-refractivity contribution < 1.29 is 9.90 Å². The molecule has 0 fully saturated rings. The van der Waals surface area contributed by atoms with Gasteiger partial charge in [0.25, 0.3) is 0 Å². The van der Waals surface area contributed by atoms with Gasteiger partial charge in [-0.2, -0.15) is 0 Å². The van der Waals surface area contributed by atoms with E-state index in [9.17, 15) is 9.90 Å². The van der Waals surface area contributed by atoms with Crippen molar-refractivity contribution >= 4 is 39.3 Å². The summed E-state index contributed by atoms with van der Waals surface area (Å²) in [5, 5.41) is 22.5. The monoisotopic (exact) mass is 494 g/mol. The number of anilines is 1. The number of aromatic hydroxyl groups is 1. The van der Waals surface area contributed by atoms with Gasteiger partial charge in [-0.1, -0.05) is 63.6 Å². The van der Waals surface area contributed by atoms with Gasteiger partial charge in [-0.05, 0) is 49.4 Å². The second-order valence-electron chi connectivity index (χ2n) is 6.84. The molecule has 2 N–H and O–H groups in total. The summed E-state index contributed by atoms with van der Waals surface area (Å²) >= 11 is 4.72. The minimum Gasteiger partial charge on any atom is -0.507 e. The minimum atomic E-state index is -0.136. The quantitative estimate of drug-likeness (QED) is 0.348. The summed E-state index contributed by atoms with van der Waals surface area (Å²) in [6.07, 6.45) is 0. The second-order valence-corrected chi connectivity index (χ2v) is 8.70. The Kier molecular flexibility index (Phi) is 6.39. The highest BCUT2D eigenvalue weighted by molar-refractivity contribution is 9.10. The molecule has 4 aromatic rings. The molecule has 31 heavy (non-hydrogen) atoms. The van der Waals surface area contributed by atoms with Crippen LogP contribution in [0.15, 0.2) is 82.4 Å². The van der Waals surface area contributed by atoms with Crippen LogP contribution in [0.25, 0.3) is 17.1 Å². The van der Waals surface area contributed by atoms with E-state index in [4.69, 9.17) is 0 Å². The molecule has 156 valence electrons. The molecular weight excluding hydrogens is 476 g/mol. The number of thioether (sulfide) groups is 1. The fraction of sp³-hybridized carbons (Fsp3) is 0.0870. The number of carbonyl (C=O) groups excluding carboxylic acids is 1. The molecule has 0 saturated carbocycles. The number of carbonyl (C=O) groups is 1. The third-order valence-corrected chi connectivity index (χ3v) is 5.94. The van der Waals surface area contributed by atoms with E-state index in [1.165, 1.54) is 11.8 Å². The Morgan fingerprint density at radius 2 is 1.81 bits per heavy atom. The second kappa shape index (κ2) is 9.36. The normalized spacial score (nSPS) is 10.8. The first kappa shape index (κ1) is 21.1. The van der Waals surface area contributed by atoms with Crippen LogP contribution in [0, 0.1) is 6.92 Å². The third-order valence-electron chi connectivity index (χ3n) is 4.51. The molecule has 0 unspecified atom stereocenters. The van der Waals surface area contributed by atoms with Crippen molar-refractivity contribution in [2.24, 2.45) is 0 Å². The highest BCUT2D eigenvalue weighted by atomic mass is 79.9. The van der Waals surface area contributed by atoms with Crippen molar-refractivity contribution in [1.82, 2.24) is 14.8 Å². The van der Waals surface area contributed by atoms with Crippen LogP contribution in [0.4, 0.5) is 5.69 Å². The van der Waals surface area contributed by atoms with Gasteiger partial charge in [0.05, 0.1) is 11.3 Å². The van der Waals surface area contributed by atoms with E-state index in [0.717, 1.165) is 21.4 Å². The maximum Gasteiger partial charge on any atom is 0.234 e. The summed E-state index contributed by atoms with van der Waals surface area (Å²) < 4.78 is 2.65. The number of amides is 1. The van der Waals surface area contributed by atoms with E-state index in [0.29, 0.717) is 16.5 Å². The molecule has 0 radical (unpaired) electrons. The van der Waals surface area contributed by atoms with E-state index < -0.39 is 0 Å². The zero-order valence-electron chi connectivity index (χ0n) is 16.6. The molecule has 1 heterocycles. The Morgan fingerprint density at radius 1 is 1.06 bits per heavy atom. The predicted octanol–water partition coefficient (Wildman–Crippen LogP) is 5.44. The number of nitrogens with one attached hydrogen (secondary N) is 1. The number of hydrogen-bond donors (Lipinski definition) is 2. The Hall–Kier alpha value is -3.10. The van der Waals surface area contributed by atoms with Gasteiger partial charge in [-0.3, -0.25) is 9.36 Å². The van der Waals surface area contributed by atoms with E-state index in [1.54, 1.807) is 18.2 Å². The first-order valence-electron chi connectivity index (χ1n) is 9.50. The predicted molar refractivity (Wildman–Crippen MR) is 127 cm³/mol. The molecule has 1 amide bonds. The lowest BCUT2D eigenvalue weighted by Crippen LogP contribution is -2.14. The molecule has 0 bridgehead atoms. The largest absolute Gasteiger partial charge is 0.507 e. The van der Waals surface area contributed by atoms with Crippen molar-refractivity contribution in [2.75, 3.05) is 11.1 Å². The standard InChI is InChI=1S/C23H19BrN4O2S/c1-15-7-10-17(11-8-15)25-21(30)14-31-23-27-26-22(19-13-16(24)9-12-20(19)29)28(23)18-5-3-2-4-6-18/h2-13,29H,14H2,1H3,(H,25,30). The molecule has 1 aromatic heterocycles.